The highest BCUT2D eigenvalue weighted by molar-refractivity contribution is 9.10. The summed E-state index contributed by atoms with van der Waals surface area (Å²) in [6.07, 6.45) is 2.30. The highest BCUT2D eigenvalue weighted by Crippen LogP contribution is 2.47. The first-order chi connectivity index (χ1) is 8.52. The summed E-state index contributed by atoms with van der Waals surface area (Å²) in [5.74, 6) is 1.38. The van der Waals surface area contributed by atoms with Gasteiger partial charge in [-0.15, -0.1) is 0 Å². The number of hydrogen-bond acceptors (Lipinski definition) is 3. The molecule has 1 aromatic carbocycles. The summed E-state index contributed by atoms with van der Waals surface area (Å²) >= 11 is 9.50. The van der Waals surface area contributed by atoms with Crippen molar-refractivity contribution in [3.63, 3.8) is 0 Å². The minimum atomic E-state index is 0.108. The molecule has 0 unspecified atom stereocenters. The van der Waals surface area contributed by atoms with Crippen LogP contribution in [0.5, 0.6) is 0 Å². The third-order valence-electron chi connectivity index (χ3n) is 3.86. The van der Waals surface area contributed by atoms with Crippen molar-refractivity contribution in [2.45, 2.75) is 25.3 Å². The van der Waals surface area contributed by atoms with Gasteiger partial charge in [-0.25, -0.2) is 0 Å². The van der Waals surface area contributed by atoms with Gasteiger partial charge in [-0.3, -0.25) is 4.99 Å². The van der Waals surface area contributed by atoms with E-state index in [1.165, 1.54) is 0 Å². The van der Waals surface area contributed by atoms with Gasteiger partial charge < -0.3 is 10.6 Å². The number of guanidine groups is 1. The Morgan fingerprint density at radius 3 is 2.83 bits per heavy atom. The van der Waals surface area contributed by atoms with E-state index in [4.69, 9.17) is 17.3 Å². The fourth-order valence-electron chi connectivity index (χ4n) is 3.19. The number of anilines is 1. The number of nitrogens with zero attached hydrogens (tertiary/aromatic N) is 2. The lowest BCUT2D eigenvalue weighted by atomic mass is 9.68. The molecular weight excluding hydrogens is 314 g/mol. The van der Waals surface area contributed by atoms with Crippen molar-refractivity contribution < 1.29 is 0 Å². The molecule has 1 aliphatic carbocycles. The second-order valence-corrected chi connectivity index (χ2v) is 6.61. The first-order valence-corrected chi connectivity index (χ1v) is 7.24. The van der Waals surface area contributed by atoms with Crippen LogP contribution in [0.25, 0.3) is 0 Å². The molecule has 1 aromatic rings. The number of halogens is 2. The fraction of sp³-hybridized carbons (Fsp3) is 0.462. The van der Waals surface area contributed by atoms with Crippen LogP contribution in [-0.4, -0.2) is 18.0 Å². The Kier molecular flexibility index (Phi) is 2.83. The maximum Gasteiger partial charge on any atom is 0.196 e. The summed E-state index contributed by atoms with van der Waals surface area (Å²) in [7, 11) is 0. The van der Waals surface area contributed by atoms with Crippen LogP contribution in [0.3, 0.4) is 0 Å². The highest BCUT2D eigenvalue weighted by Gasteiger charge is 2.51. The SMILES string of the molecule is CC1CC2(CN=C(N)N2c2ccc(Cl)c(Br)c2)C1. The van der Waals surface area contributed by atoms with E-state index in [-0.39, 0.29) is 5.54 Å². The van der Waals surface area contributed by atoms with Crippen molar-refractivity contribution in [1.29, 1.82) is 0 Å². The molecule has 0 aromatic heterocycles. The van der Waals surface area contributed by atoms with Gasteiger partial charge in [0.15, 0.2) is 5.96 Å². The Hall–Kier alpha value is -0.740. The van der Waals surface area contributed by atoms with Gasteiger partial charge in [0.25, 0.3) is 0 Å². The van der Waals surface area contributed by atoms with Crippen molar-refractivity contribution in [1.82, 2.24) is 0 Å². The lowest BCUT2D eigenvalue weighted by Crippen LogP contribution is -2.59. The second kappa shape index (κ2) is 4.14. The van der Waals surface area contributed by atoms with E-state index in [1.54, 1.807) is 0 Å². The van der Waals surface area contributed by atoms with Crippen molar-refractivity contribution in [2.24, 2.45) is 16.6 Å². The number of aliphatic imine (C=N–C) groups is 1. The molecule has 2 N–H and O–H groups in total. The lowest BCUT2D eigenvalue weighted by Gasteiger charge is -2.49. The third kappa shape index (κ3) is 1.74. The second-order valence-electron chi connectivity index (χ2n) is 5.35. The molecule has 1 spiro atoms. The van der Waals surface area contributed by atoms with E-state index in [2.05, 4.69) is 32.7 Å². The van der Waals surface area contributed by atoms with Crippen molar-refractivity contribution >= 4 is 39.2 Å². The van der Waals surface area contributed by atoms with Gasteiger partial charge in [0.1, 0.15) is 0 Å². The first kappa shape index (κ1) is 12.3. The van der Waals surface area contributed by atoms with E-state index in [9.17, 15) is 0 Å². The molecule has 0 bridgehead atoms. The molecule has 1 fully saturated rings. The molecule has 3 nitrogen and oxygen atoms in total. The minimum Gasteiger partial charge on any atom is -0.369 e. The molecule has 1 heterocycles. The van der Waals surface area contributed by atoms with Crippen LogP contribution in [0.4, 0.5) is 5.69 Å². The summed E-state index contributed by atoms with van der Waals surface area (Å²) in [4.78, 5) is 6.60. The molecule has 2 aliphatic rings. The molecule has 1 saturated carbocycles. The fourth-order valence-corrected chi connectivity index (χ4v) is 3.68. The first-order valence-electron chi connectivity index (χ1n) is 6.07. The zero-order valence-electron chi connectivity index (χ0n) is 10.2. The van der Waals surface area contributed by atoms with Crippen molar-refractivity contribution in [3.8, 4) is 0 Å². The van der Waals surface area contributed by atoms with Gasteiger partial charge in [0.05, 0.1) is 17.1 Å². The summed E-state index contributed by atoms with van der Waals surface area (Å²) in [6, 6.07) is 5.91. The maximum atomic E-state index is 6.06. The number of nitrogens with two attached hydrogens (primary N) is 1. The summed E-state index contributed by atoms with van der Waals surface area (Å²) in [6.45, 7) is 3.08. The number of hydrogen-bond donors (Lipinski definition) is 1. The monoisotopic (exact) mass is 327 g/mol. The van der Waals surface area contributed by atoms with Gasteiger partial charge in [-0.1, -0.05) is 18.5 Å². The topological polar surface area (TPSA) is 41.6 Å². The lowest BCUT2D eigenvalue weighted by molar-refractivity contribution is 0.182. The predicted octanol–water partition coefficient (Wildman–Crippen LogP) is 3.41. The average molecular weight is 329 g/mol. The van der Waals surface area contributed by atoms with Gasteiger partial charge in [-0.2, -0.15) is 0 Å². The minimum absolute atomic E-state index is 0.108. The zero-order chi connectivity index (χ0) is 12.9. The van der Waals surface area contributed by atoms with Gasteiger partial charge in [0.2, 0.25) is 0 Å². The summed E-state index contributed by atoms with van der Waals surface area (Å²) in [5, 5.41) is 0.712. The van der Waals surface area contributed by atoms with Crippen LogP contribution in [-0.2, 0) is 0 Å². The van der Waals surface area contributed by atoms with Gasteiger partial charge in [-0.05, 0) is 52.9 Å². The molecule has 0 atom stereocenters. The molecule has 1 aliphatic heterocycles. The molecule has 0 amide bonds. The standard InChI is InChI=1S/C13H15BrClN3/c1-8-5-13(6-8)7-17-12(16)18(13)9-2-3-11(15)10(14)4-9/h2-4,8H,5-7H2,1H3,(H2,16,17). The highest BCUT2D eigenvalue weighted by atomic mass is 79.9. The zero-order valence-corrected chi connectivity index (χ0v) is 12.5. The Morgan fingerprint density at radius 2 is 2.22 bits per heavy atom. The van der Waals surface area contributed by atoms with Gasteiger partial charge >= 0.3 is 0 Å². The molecule has 18 heavy (non-hydrogen) atoms. The predicted molar refractivity (Wildman–Crippen MR) is 79.2 cm³/mol. The summed E-state index contributed by atoms with van der Waals surface area (Å²) in [5.41, 5.74) is 7.23. The van der Waals surface area contributed by atoms with Crippen LogP contribution in [0, 0.1) is 5.92 Å². The normalized spacial score (nSPS) is 30.5. The number of rotatable bonds is 1. The molecular formula is C13H15BrClN3. The Labute approximate surface area is 120 Å². The smallest absolute Gasteiger partial charge is 0.196 e. The van der Waals surface area contributed by atoms with Crippen LogP contribution < -0.4 is 10.6 Å². The molecule has 96 valence electrons. The molecule has 0 radical (unpaired) electrons. The number of benzene rings is 1. The van der Waals surface area contributed by atoms with Crippen molar-refractivity contribution in [2.75, 3.05) is 11.4 Å². The Morgan fingerprint density at radius 1 is 1.50 bits per heavy atom. The Balaban J connectivity index is 1.98. The van der Waals surface area contributed by atoms with Crippen LogP contribution >= 0.6 is 27.5 Å². The van der Waals surface area contributed by atoms with E-state index in [1.807, 2.05) is 18.2 Å². The summed E-state index contributed by atoms with van der Waals surface area (Å²) < 4.78 is 0.892. The van der Waals surface area contributed by atoms with Crippen LogP contribution in [0.15, 0.2) is 27.7 Å². The quantitative estimate of drug-likeness (QED) is 0.858. The largest absolute Gasteiger partial charge is 0.369 e. The van der Waals surface area contributed by atoms with Gasteiger partial charge in [0, 0.05) is 10.2 Å². The molecule has 0 saturated heterocycles. The third-order valence-corrected chi connectivity index (χ3v) is 5.07. The maximum absolute atomic E-state index is 6.06. The molecule has 3 rings (SSSR count). The average Bonchev–Trinajstić information content (AvgIpc) is 2.61. The van der Waals surface area contributed by atoms with Crippen LogP contribution in [0.1, 0.15) is 19.8 Å². The Bertz CT molecular complexity index is 523. The van der Waals surface area contributed by atoms with E-state index in [0.29, 0.717) is 11.0 Å². The van der Waals surface area contributed by atoms with E-state index < -0.39 is 0 Å². The van der Waals surface area contributed by atoms with Crippen molar-refractivity contribution in [3.05, 3.63) is 27.7 Å². The molecule has 5 heteroatoms. The van der Waals surface area contributed by atoms with Crippen LogP contribution in [0.2, 0.25) is 5.02 Å². The van der Waals surface area contributed by atoms with E-state index >= 15 is 0 Å². The van der Waals surface area contributed by atoms with E-state index in [0.717, 1.165) is 35.5 Å².